The predicted molar refractivity (Wildman–Crippen MR) is 95.0 cm³/mol. The zero-order chi connectivity index (χ0) is 17.3. The number of nitrogens with one attached hydrogen (secondary N) is 1. The number of amides is 1. The van der Waals surface area contributed by atoms with Gasteiger partial charge in [-0.1, -0.05) is 30.3 Å². The van der Waals surface area contributed by atoms with Crippen LogP contribution in [0.15, 0.2) is 30.3 Å². The van der Waals surface area contributed by atoms with Gasteiger partial charge in [0.05, 0.1) is 19.3 Å². The summed E-state index contributed by atoms with van der Waals surface area (Å²) in [6.45, 7) is 2.34. The fourth-order valence-corrected chi connectivity index (χ4v) is 4.65. The summed E-state index contributed by atoms with van der Waals surface area (Å²) in [6.07, 6.45) is 4.72. The molecule has 1 saturated carbocycles. The molecule has 25 heavy (non-hydrogen) atoms. The number of rotatable bonds is 4. The highest BCUT2D eigenvalue weighted by atomic mass is 16.7. The van der Waals surface area contributed by atoms with Gasteiger partial charge in [-0.2, -0.15) is 0 Å². The van der Waals surface area contributed by atoms with Crippen LogP contribution >= 0.6 is 0 Å². The van der Waals surface area contributed by atoms with Gasteiger partial charge < -0.3 is 19.7 Å². The van der Waals surface area contributed by atoms with Crippen LogP contribution in [0.25, 0.3) is 0 Å². The monoisotopic (exact) mass is 344 g/mol. The summed E-state index contributed by atoms with van der Waals surface area (Å²) in [7, 11) is 1.93. The van der Waals surface area contributed by atoms with E-state index in [1.807, 2.05) is 18.0 Å². The van der Waals surface area contributed by atoms with Gasteiger partial charge >= 0.3 is 0 Å². The molecule has 5 heteroatoms. The minimum atomic E-state index is -0.297. The van der Waals surface area contributed by atoms with Crippen molar-refractivity contribution in [3.8, 4) is 0 Å². The summed E-state index contributed by atoms with van der Waals surface area (Å²) in [5.41, 5.74) is 1.23. The predicted octanol–water partition coefficient (Wildman–Crippen LogP) is 2.48. The lowest BCUT2D eigenvalue weighted by molar-refractivity contribution is -0.179. The average Bonchev–Trinajstić information content (AvgIpc) is 3.20. The van der Waals surface area contributed by atoms with Crippen LogP contribution in [-0.2, 0) is 14.3 Å². The number of hydrogen-bond acceptors (Lipinski definition) is 4. The number of likely N-dealkylation sites (tertiary alicyclic amines) is 1. The van der Waals surface area contributed by atoms with Gasteiger partial charge in [-0.15, -0.1) is 0 Å². The molecule has 1 aromatic carbocycles. The molecule has 2 unspecified atom stereocenters. The smallest absolute Gasteiger partial charge is 0.223 e. The highest BCUT2D eigenvalue weighted by Crippen LogP contribution is 2.38. The lowest BCUT2D eigenvalue weighted by atomic mass is 9.88. The van der Waals surface area contributed by atoms with Crippen LogP contribution < -0.4 is 5.32 Å². The highest BCUT2D eigenvalue weighted by molar-refractivity contribution is 5.79. The number of carbonyl (C=O) groups excluding carboxylic acids is 1. The normalized spacial score (nSPS) is 29.6. The summed E-state index contributed by atoms with van der Waals surface area (Å²) in [5.74, 6) is 0.277. The van der Waals surface area contributed by atoms with E-state index in [1.165, 1.54) is 5.56 Å². The number of hydrogen-bond donors (Lipinski definition) is 1. The van der Waals surface area contributed by atoms with Gasteiger partial charge in [-0.3, -0.25) is 4.79 Å². The van der Waals surface area contributed by atoms with Gasteiger partial charge in [0, 0.05) is 44.8 Å². The van der Waals surface area contributed by atoms with E-state index in [0.717, 1.165) is 45.4 Å². The van der Waals surface area contributed by atoms with Crippen LogP contribution in [0.4, 0.5) is 0 Å². The lowest BCUT2D eigenvalue weighted by Gasteiger charge is -2.36. The fraction of sp³-hybridized carbons (Fsp3) is 0.650. The quantitative estimate of drug-likeness (QED) is 0.912. The van der Waals surface area contributed by atoms with Crippen LogP contribution in [0.1, 0.15) is 43.7 Å². The summed E-state index contributed by atoms with van der Waals surface area (Å²) < 4.78 is 11.6. The van der Waals surface area contributed by atoms with Crippen molar-refractivity contribution in [2.24, 2.45) is 5.92 Å². The van der Waals surface area contributed by atoms with E-state index in [0.29, 0.717) is 18.4 Å². The molecule has 2 heterocycles. The maximum atomic E-state index is 12.3. The van der Waals surface area contributed by atoms with Gasteiger partial charge in [0.2, 0.25) is 5.91 Å². The second-order valence-electron chi connectivity index (χ2n) is 7.61. The third-order valence-corrected chi connectivity index (χ3v) is 6.06. The largest absolute Gasteiger partial charge is 0.348 e. The molecule has 3 fully saturated rings. The van der Waals surface area contributed by atoms with E-state index in [1.54, 1.807) is 0 Å². The van der Waals surface area contributed by atoms with Crippen LogP contribution in [0.2, 0.25) is 0 Å². The van der Waals surface area contributed by atoms with Crippen LogP contribution in [0, 0.1) is 5.92 Å². The van der Waals surface area contributed by atoms with E-state index >= 15 is 0 Å². The maximum absolute atomic E-state index is 12.3. The lowest BCUT2D eigenvalue weighted by Crippen LogP contribution is -2.43. The number of nitrogens with zero attached hydrogens (tertiary/aromatic N) is 1. The first-order chi connectivity index (χ1) is 12.2. The van der Waals surface area contributed by atoms with Crippen LogP contribution in [0.3, 0.4) is 0 Å². The molecule has 0 radical (unpaired) electrons. The SMILES string of the molecule is CN1C(=O)CC(CNC2CCC3(CC2)OCCO3)C1c1ccccc1. The average molecular weight is 344 g/mol. The van der Waals surface area contributed by atoms with E-state index in [9.17, 15) is 4.79 Å². The molecular formula is C20H28N2O3. The summed E-state index contributed by atoms with van der Waals surface area (Å²) in [4.78, 5) is 14.2. The standard InChI is InChI=1S/C20H28N2O3/c1-22-18(23)13-16(19(22)15-5-3-2-4-6-15)14-21-17-7-9-20(10-8-17)24-11-12-25-20/h2-6,16-17,19,21H,7-14H2,1H3. The second-order valence-corrected chi connectivity index (χ2v) is 7.61. The molecule has 2 aliphatic heterocycles. The Morgan fingerprint density at radius 1 is 1.16 bits per heavy atom. The maximum Gasteiger partial charge on any atom is 0.223 e. The van der Waals surface area contributed by atoms with Crippen molar-refractivity contribution in [2.45, 2.75) is 50.0 Å². The Hall–Kier alpha value is -1.43. The summed E-state index contributed by atoms with van der Waals surface area (Å²) >= 11 is 0. The number of ether oxygens (including phenoxy) is 2. The van der Waals surface area contributed by atoms with Gasteiger partial charge in [0.15, 0.2) is 5.79 Å². The Morgan fingerprint density at radius 2 is 1.84 bits per heavy atom. The molecule has 1 amide bonds. The Labute approximate surface area is 149 Å². The van der Waals surface area contributed by atoms with Gasteiger partial charge in [0.1, 0.15) is 0 Å². The zero-order valence-electron chi connectivity index (χ0n) is 14.9. The molecule has 136 valence electrons. The molecule has 1 aromatic rings. The molecule has 4 rings (SSSR count). The van der Waals surface area contributed by atoms with Crippen molar-refractivity contribution >= 4 is 5.91 Å². The Morgan fingerprint density at radius 3 is 2.52 bits per heavy atom. The van der Waals surface area contributed by atoms with Crippen molar-refractivity contribution in [1.82, 2.24) is 10.2 Å². The summed E-state index contributed by atoms with van der Waals surface area (Å²) in [5, 5.41) is 3.72. The third kappa shape index (κ3) is 3.46. The van der Waals surface area contributed by atoms with Crippen molar-refractivity contribution in [3.63, 3.8) is 0 Å². The first-order valence-electron chi connectivity index (χ1n) is 9.49. The van der Waals surface area contributed by atoms with Crippen LogP contribution in [0.5, 0.6) is 0 Å². The number of benzene rings is 1. The van der Waals surface area contributed by atoms with Gasteiger partial charge in [-0.05, 0) is 18.4 Å². The molecule has 1 aliphatic carbocycles. The second kappa shape index (κ2) is 7.06. The van der Waals surface area contributed by atoms with E-state index in [-0.39, 0.29) is 17.7 Å². The van der Waals surface area contributed by atoms with Crippen molar-refractivity contribution in [3.05, 3.63) is 35.9 Å². The van der Waals surface area contributed by atoms with Crippen molar-refractivity contribution in [1.29, 1.82) is 0 Å². The molecule has 2 atom stereocenters. The van der Waals surface area contributed by atoms with Crippen molar-refractivity contribution in [2.75, 3.05) is 26.8 Å². The topological polar surface area (TPSA) is 50.8 Å². The minimum Gasteiger partial charge on any atom is -0.348 e. The zero-order valence-corrected chi connectivity index (χ0v) is 14.9. The van der Waals surface area contributed by atoms with E-state index in [2.05, 4.69) is 29.6 Å². The highest BCUT2D eigenvalue weighted by Gasteiger charge is 2.41. The Bertz CT molecular complexity index is 590. The Balaban J connectivity index is 1.35. The molecule has 5 nitrogen and oxygen atoms in total. The summed E-state index contributed by atoms with van der Waals surface area (Å²) in [6, 6.07) is 11.1. The minimum absolute atomic E-state index is 0.178. The third-order valence-electron chi connectivity index (χ3n) is 6.06. The molecule has 0 aromatic heterocycles. The fourth-order valence-electron chi connectivity index (χ4n) is 4.65. The van der Waals surface area contributed by atoms with Crippen molar-refractivity contribution < 1.29 is 14.3 Å². The molecular weight excluding hydrogens is 316 g/mol. The molecule has 1 spiro atoms. The first kappa shape index (κ1) is 17.0. The van der Waals surface area contributed by atoms with Crippen LogP contribution in [-0.4, -0.2) is 49.4 Å². The Kier molecular flexibility index (Phi) is 4.80. The molecule has 2 saturated heterocycles. The van der Waals surface area contributed by atoms with Gasteiger partial charge in [-0.25, -0.2) is 0 Å². The molecule has 3 aliphatic rings. The molecule has 1 N–H and O–H groups in total. The van der Waals surface area contributed by atoms with E-state index in [4.69, 9.17) is 9.47 Å². The first-order valence-corrected chi connectivity index (χ1v) is 9.49. The van der Waals surface area contributed by atoms with Gasteiger partial charge in [0.25, 0.3) is 0 Å². The number of carbonyl (C=O) groups is 1. The molecule has 0 bridgehead atoms. The van der Waals surface area contributed by atoms with E-state index < -0.39 is 0 Å².